The first-order valence-corrected chi connectivity index (χ1v) is 8.36. The molecule has 1 aromatic heterocycles. The number of carbonyl (C=O) groups excluding carboxylic acids is 1. The van der Waals surface area contributed by atoms with Crippen LogP contribution >= 0.6 is 11.8 Å². The molecule has 1 aromatic carbocycles. The van der Waals surface area contributed by atoms with Crippen LogP contribution < -0.4 is 4.74 Å². The number of benzene rings is 1. The van der Waals surface area contributed by atoms with Crippen LogP contribution in [0.1, 0.15) is 19.3 Å². The lowest BCUT2D eigenvalue weighted by atomic mass is 9.84. The van der Waals surface area contributed by atoms with Gasteiger partial charge in [-0.1, -0.05) is 0 Å². The second kappa shape index (κ2) is 6.68. The van der Waals surface area contributed by atoms with E-state index in [1.165, 1.54) is 18.9 Å². The topological polar surface area (TPSA) is 85.7 Å². The summed E-state index contributed by atoms with van der Waals surface area (Å²) in [5, 5.41) is 10.3. The van der Waals surface area contributed by atoms with Gasteiger partial charge in [0, 0.05) is 16.5 Å². The van der Waals surface area contributed by atoms with Gasteiger partial charge in [0.1, 0.15) is 10.5 Å². The molecule has 1 aliphatic carbocycles. The van der Waals surface area contributed by atoms with E-state index >= 15 is 0 Å². The molecule has 1 aliphatic rings. The molecule has 3 rings (SSSR count). The Morgan fingerprint density at radius 2 is 2.12 bits per heavy atom. The third-order valence-electron chi connectivity index (χ3n) is 4.11. The number of methoxy groups -OCH3 is 1. The van der Waals surface area contributed by atoms with Gasteiger partial charge in [-0.3, -0.25) is 9.78 Å². The second-order valence-corrected chi connectivity index (χ2v) is 7.03. The van der Waals surface area contributed by atoms with Crippen LogP contribution in [-0.4, -0.2) is 40.5 Å². The van der Waals surface area contributed by atoms with E-state index in [0.717, 1.165) is 22.2 Å². The Balaban J connectivity index is 1.90. The van der Waals surface area contributed by atoms with Gasteiger partial charge < -0.3 is 14.6 Å². The number of carboxylic acid groups (broad SMARTS) is 1. The molecule has 0 amide bonds. The Morgan fingerprint density at radius 3 is 2.75 bits per heavy atom. The van der Waals surface area contributed by atoms with Gasteiger partial charge in [0.05, 0.1) is 12.6 Å². The molecule has 7 heteroatoms. The lowest BCUT2D eigenvalue weighted by Crippen LogP contribution is -2.41. The van der Waals surface area contributed by atoms with Crippen LogP contribution in [0.5, 0.6) is 5.75 Å². The SMILES string of the molecule is COC(=O)COc1ccc2nccc(SC3(C(=O)O)CCC3)c2c1. The van der Waals surface area contributed by atoms with Crippen molar-refractivity contribution in [3.05, 3.63) is 30.5 Å². The molecular weight excluding hydrogens is 330 g/mol. The van der Waals surface area contributed by atoms with Crippen LogP contribution in [0.3, 0.4) is 0 Å². The zero-order valence-corrected chi connectivity index (χ0v) is 14.0. The number of nitrogens with zero attached hydrogens (tertiary/aromatic N) is 1. The average Bonchev–Trinajstić information content (AvgIpc) is 2.55. The maximum absolute atomic E-state index is 11.6. The van der Waals surface area contributed by atoms with E-state index in [4.69, 9.17) is 4.74 Å². The summed E-state index contributed by atoms with van der Waals surface area (Å²) in [6.45, 7) is -0.177. The van der Waals surface area contributed by atoms with Crippen molar-refractivity contribution in [2.75, 3.05) is 13.7 Å². The summed E-state index contributed by atoms with van der Waals surface area (Å²) in [5.41, 5.74) is 0.755. The fourth-order valence-electron chi connectivity index (χ4n) is 2.55. The number of carbonyl (C=O) groups is 2. The first-order chi connectivity index (χ1) is 11.5. The number of thioether (sulfide) groups is 1. The maximum atomic E-state index is 11.6. The predicted molar refractivity (Wildman–Crippen MR) is 89.3 cm³/mol. The first kappa shape index (κ1) is 16.6. The number of fused-ring (bicyclic) bond motifs is 1. The molecule has 126 valence electrons. The molecule has 24 heavy (non-hydrogen) atoms. The molecule has 0 aliphatic heterocycles. The van der Waals surface area contributed by atoms with Crippen LogP contribution in [0, 0.1) is 0 Å². The van der Waals surface area contributed by atoms with E-state index in [-0.39, 0.29) is 6.61 Å². The fraction of sp³-hybridized carbons (Fsp3) is 0.353. The average molecular weight is 347 g/mol. The molecule has 2 aromatic rings. The van der Waals surface area contributed by atoms with Crippen molar-refractivity contribution in [3.8, 4) is 5.75 Å². The van der Waals surface area contributed by atoms with Crippen molar-refractivity contribution in [2.24, 2.45) is 0 Å². The van der Waals surface area contributed by atoms with Crippen LogP contribution in [0.25, 0.3) is 10.9 Å². The molecule has 6 nitrogen and oxygen atoms in total. The van der Waals surface area contributed by atoms with Gasteiger partial charge in [0.2, 0.25) is 0 Å². The molecule has 0 radical (unpaired) electrons. The number of aliphatic carboxylic acids is 1. The van der Waals surface area contributed by atoms with Gasteiger partial charge in [-0.05, 0) is 43.5 Å². The minimum atomic E-state index is -0.776. The normalized spacial score (nSPS) is 15.5. The van der Waals surface area contributed by atoms with Crippen molar-refractivity contribution < 1.29 is 24.2 Å². The fourth-order valence-corrected chi connectivity index (χ4v) is 3.95. The summed E-state index contributed by atoms with van der Waals surface area (Å²) in [5.74, 6) is -0.724. The molecule has 0 spiro atoms. The zero-order chi connectivity index (χ0) is 17.2. The third kappa shape index (κ3) is 3.17. The highest BCUT2D eigenvalue weighted by Crippen LogP contribution is 2.49. The van der Waals surface area contributed by atoms with Crippen molar-refractivity contribution in [3.63, 3.8) is 0 Å². The van der Waals surface area contributed by atoms with Gasteiger partial charge >= 0.3 is 11.9 Å². The number of ether oxygens (including phenoxy) is 2. The Morgan fingerprint density at radius 1 is 1.33 bits per heavy atom. The number of rotatable bonds is 6. The van der Waals surface area contributed by atoms with Crippen LogP contribution in [-0.2, 0) is 14.3 Å². The number of aromatic nitrogens is 1. The lowest BCUT2D eigenvalue weighted by Gasteiger charge is -2.37. The van der Waals surface area contributed by atoms with Crippen molar-refractivity contribution in [1.29, 1.82) is 0 Å². The monoisotopic (exact) mass is 347 g/mol. The van der Waals surface area contributed by atoms with Crippen molar-refractivity contribution in [2.45, 2.75) is 28.9 Å². The molecule has 0 bridgehead atoms. The van der Waals surface area contributed by atoms with E-state index in [9.17, 15) is 14.7 Å². The summed E-state index contributed by atoms with van der Waals surface area (Å²) >= 11 is 1.37. The maximum Gasteiger partial charge on any atom is 0.343 e. The minimum absolute atomic E-state index is 0.177. The van der Waals surface area contributed by atoms with Crippen molar-refractivity contribution >= 4 is 34.6 Å². The van der Waals surface area contributed by atoms with E-state index in [1.54, 1.807) is 24.4 Å². The number of esters is 1. The lowest BCUT2D eigenvalue weighted by molar-refractivity contribution is -0.143. The highest BCUT2D eigenvalue weighted by molar-refractivity contribution is 8.01. The summed E-state index contributed by atoms with van der Waals surface area (Å²) in [7, 11) is 1.30. The molecule has 0 unspecified atom stereocenters. The number of carboxylic acids is 1. The summed E-state index contributed by atoms with van der Waals surface area (Å²) in [4.78, 5) is 28.0. The van der Waals surface area contributed by atoms with E-state index in [1.807, 2.05) is 6.07 Å². The van der Waals surface area contributed by atoms with E-state index < -0.39 is 16.7 Å². The summed E-state index contributed by atoms with van der Waals surface area (Å²) < 4.78 is 9.21. The number of hydrogen-bond acceptors (Lipinski definition) is 6. The Hall–Kier alpha value is -2.28. The molecule has 0 saturated heterocycles. The summed E-state index contributed by atoms with van der Waals surface area (Å²) in [6.07, 6.45) is 3.92. The van der Waals surface area contributed by atoms with Gasteiger partial charge in [-0.2, -0.15) is 0 Å². The minimum Gasteiger partial charge on any atom is -0.482 e. The van der Waals surface area contributed by atoms with Gasteiger partial charge in [0.15, 0.2) is 6.61 Å². The van der Waals surface area contributed by atoms with Crippen LogP contribution in [0.15, 0.2) is 35.4 Å². The van der Waals surface area contributed by atoms with Gasteiger partial charge in [-0.15, -0.1) is 11.8 Å². The van der Waals surface area contributed by atoms with Gasteiger partial charge in [-0.25, -0.2) is 4.79 Å². The number of hydrogen-bond donors (Lipinski definition) is 1. The van der Waals surface area contributed by atoms with E-state index in [2.05, 4.69) is 9.72 Å². The Bertz CT molecular complexity index is 788. The number of pyridine rings is 1. The Kier molecular flexibility index (Phi) is 4.62. The highest BCUT2D eigenvalue weighted by atomic mass is 32.2. The Labute approximate surface area is 143 Å². The quantitative estimate of drug-likeness (QED) is 0.804. The summed E-state index contributed by atoms with van der Waals surface area (Å²) in [6, 6.07) is 7.12. The molecule has 1 fully saturated rings. The van der Waals surface area contributed by atoms with E-state index in [0.29, 0.717) is 18.6 Å². The largest absolute Gasteiger partial charge is 0.482 e. The molecule has 1 saturated carbocycles. The first-order valence-electron chi connectivity index (χ1n) is 7.55. The van der Waals surface area contributed by atoms with Gasteiger partial charge in [0.25, 0.3) is 0 Å². The third-order valence-corrected chi connectivity index (χ3v) is 5.66. The van der Waals surface area contributed by atoms with Crippen molar-refractivity contribution in [1.82, 2.24) is 4.98 Å². The zero-order valence-electron chi connectivity index (χ0n) is 13.2. The van der Waals surface area contributed by atoms with Crippen LogP contribution in [0.4, 0.5) is 0 Å². The predicted octanol–water partition coefficient (Wildman–Crippen LogP) is 2.89. The molecule has 1 heterocycles. The molecule has 1 N–H and O–H groups in total. The van der Waals surface area contributed by atoms with Crippen LogP contribution in [0.2, 0.25) is 0 Å². The standard InChI is InChI=1S/C17H17NO5S/c1-22-15(19)10-23-11-3-4-13-12(9-11)14(5-8-18-13)24-17(16(20)21)6-2-7-17/h3-5,8-9H,2,6-7,10H2,1H3,(H,20,21). The second-order valence-electron chi connectivity index (χ2n) is 5.61. The smallest absolute Gasteiger partial charge is 0.343 e. The molecular formula is C17H17NO5S. The molecule has 0 atom stereocenters. The highest BCUT2D eigenvalue weighted by Gasteiger charge is 2.45.